The molecule has 0 unspecified atom stereocenters. The lowest BCUT2D eigenvalue weighted by Gasteiger charge is -2.04. The van der Waals surface area contributed by atoms with Gasteiger partial charge in [0.15, 0.2) is 5.58 Å². The van der Waals surface area contributed by atoms with Crippen LogP contribution in [-0.2, 0) is 0 Å². The Hall–Kier alpha value is -2.60. The quantitative estimate of drug-likeness (QED) is 0.669. The third-order valence-corrected chi connectivity index (χ3v) is 3.18. The molecule has 3 rings (SSSR count). The van der Waals surface area contributed by atoms with Gasteiger partial charge in [0.2, 0.25) is 0 Å². The number of oxazole rings is 1. The van der Waals surface area contributed by atoms with E-state index in [1.165, 1.54) is 4.57 Å². The molecule has 3 aromatic rings. The molecule has 0 aliphatic carbocycles. The summed E-state index contributed by atoms with van der Waals surface area (Å²) in [6, 6.07) is 13.8. The molecule has 5 nitrogen and oxygen atoms in total. The Morgan fingerprint density at radius 3 is 2.62 bits per heavy atom. The van der Waals surface area contributed by atoms with E-state index in [0.717, 1.165) is 0 Å². The third-order valence-electron chi connectivity index (χ3n) is 2.92. The van der Waals surface area contributed by atoms with Gasteiger partial charge in [0, 0.05) is 6.07 Å². The van der Waals surface area contributed by atoms with Crippen LogP contribution >= 0.6 is 12.2 Å². The van der Waals surface area contributed by atoms with Crippen molar-refractivity contribution in [3.05, 3.63) is 53.4 Å². The lowest BCUT2D eigenvalue weighted by atomic mass is 10.3. The number of fused-ring (bicyclic) bond motifs is 1. The SMILES string of the molecule is COc1ccc2c(c1)oc(=S)n2C(=O)Oc1ccccc1. The van der Waals surface area contributed by atoms with Crippen molar-refractivity contribution in [1.29, 1.82) is 0 Å². The Kier molecular flexibility index (Phi) is 3.45. The average Bonchev–Trinajstić information content (AvgIpc) is 2.83. The molecule has 0 amide bonds. The van der Waals surface area contributed by atoms with Crippen molar-refractivity contribution in [1.82, 2.24) is 4.57 Å². The molecule has 0 radical (unpaired) electrons. The van der Waals surface area contributed by atoms with Gasteiger partial charge >= 0.3 is 6.09 Å². The van der Waals surface area contributed by atoms with Crippen LogP contribution < -0.4 is 9.47 Å². The molecule has 0 atom stereocenters. The van der Waals surface area contributed by atoms with E-state index in [1.54, 1.807) is 49.6 Å². The molecule has 0 aliphatic rings. The van der Waals surface area contributed by atoms with Gasteiger partial charge in [-0.15, -0.1) is 0 Å². The normalized spacial score (nSPS) is 10.5. The first-order chi connectivity index (χ1) is 10.2. The van der Waals surface area contributed by atoms with Gasteiger partial charge in [0.05, 0.1) is 12.6 Å². The first-order valence-electron chi connectivity index (χ1n) is 6.16. The van der Waals surface area contributed by atoms with Crippen LogP contribution in [0, 0.1) is 4.84 Å². The molecule has 6 heteroatoms. The lowest BCUT2D eigenvalue weighted by molar-refractivity contribution is 0.202. The minimum Gasteiger partial charge on any atom is -0.497 e. The van der Waals surface area contributed by atoms with Gasteiger partial charge in [0.1, 0.15) is 11.5 Å². The van der Waals surface area contributed by atoms with E-state index < -0.39 is 6.09 Å². The molecule has 21 heavy (non-hydrogen) atoms. The van der Waals surface area contributed by atoms with Crippen LogP contribution in [0.2, 0.25) is 0 Å². The standard InChI is InChI=1S/C15H11NO4S/c1-18-11-7-8-12-13(9-11)20-15(21)16(12)14(17)19-10-5-3-2-4-6-10/h2-9H,1H3. The summed E-state index contributed by atoms with van der Waals surface area (Å²) >= 11 is 5.08. The molecule has 106 valence electrons. The topological polar surface area (TPSA) is 53.6 Å². The van der Waals surface area contributed by atoms with Crippen LogP contribution in [-0.4, -0.2) is 17.8 Å². The molecular weight excluding hydrogens is 290 g/mol. The number of ether oxygens (including phenoxy) is 2. The Bertz CT molecular complexity index is 851. The highest BCUT2D eigenvalue weighted by molar-refractivity contribution is 7.71. The highest BCUT2D eigenvalue weighted by Crippen LogP contribution is 2.23. The fourth-order valence-electron chi connectivity index (χ4n) is 1.93. The van der Waals surface area contributed by atoms with Crippen molar-refractivity contribution in [3.63, 3.8) is 0 Å². The van der Waals surface area contributed by atoms with E-state index in [1.807, 2.05) is 6.07 Å². The van der Waals surface area contributed by atoms with E-state index in [9.17, 15) is 4.79 Å². The molecule has 1 aromatic heterocycles. The van der Waals surface area contributed by atoms with Crippen molar-refractivity contribution in [2.75, 3.05) is 7.11 Å². The first-order valence-corrected chi connectivity index (χ1v) is 6.56. The molecule has 0 fully saturated rings. The second kappa shape index (κ2) is 5.41. The van der Waals surface area contributed by atoms with Crippen LogP contribution in [0.1, 0.15) is 0 Å². The summed E-state index contributed by atoms with van der Waals surface area (Å²) in [7, 11) is 1.55. The van der Waals surface area contributed by atoms with Gasteiger partial charge in [-0.2, -0.15) is 0 Å². The Labute approximate surface area is 125 Å². The van der Waals surface area contributed by atoms with Crippen LogP contribution in [0.3, 0.4) is 0 Å². The van der Waals surface area contributed by atoms with Crippen molar-refractivity contribution in [2.45, 2.75) is 0 Å². The predicted molar refractivity (Wildman–Crippen MR) is 79.5 cm³/mol. The zero-order valence-corrected chi connectivity index (χ0v) is 11.9. The number of aromatic nitrogens is 1. The second-order valence-corrected chi connectivity index (χ2v) is 4.57. The van der Waals surface area contributed by atoms with E-state index in [4.69, 9.17) is 26.1 Å². The number of para-hydroxylation sites is 1. The van der Waals surface area contributed by atoms with Gasteiger partial charge in [-0.05, 0) is 36.5 Å². The van der Waals surface area contributed by atoms with Crippen LogP contribution in [0.4, 0.5) is 4.79 Å². The molecule has 0 spiro atoms. The average molecular weight is 301 g/mol. The van der Waals surface area contributed by atoms with Crippen molar-refractivity contribution >= 4 is 29.4 Å². The number of benzene rings is 2. The van der Waals surface area contributed by atoms with Gasteiger partial charge in [-0.3, -0.25) is 0 Å². The molecule has 1 heterocycles. The van der Waals surface area contributed by atoms with Crippen molar-refractivity contribution in [3.8, 4) is 11.5 Å². The number of carbonyl (C=O) groups is 1. The molecule has 0 saturated carbocycles. The molecule has 2 aromatic carbocycles. The Morgan fingerprint density at radius 2 is 1.90 bits per heavy atom. The summed E-state index contributed by atoms with van der Waals surface area (Å²) in [5, 5.41) is 0. The van der Waals surface area contributed by atoms with E-state index in [-0.39, 0.29) is 4.84 Å². The van der Waals surface area contributed by atoms with E-state index in [2.05, 4.69) is 0 Å². The van der Waals surface area contributed by atoms with E-state index in [0.29, 0.717) is 22.6 Å². The number of carbonyl (C=O) groups excluding carboxylic acids is 1. The van der Waals surface area contributed by atoms with Crippen LogP contribution in [0.15, 0.2) is 52.9 Å². The first kappa shape index (κ1) is 13.4. The number of nitrogens with zero attached hydrogens (tertiary/aromatic N) is 1. The number of rotatable bonds is 2. The largest absolute Gasteiger partial charge is 0.497 e. The maximum absolute atomic E-state index is 12.2. The fraction of sp³-hybridized carbons (Fsp3) is 0.0667. The number of hydrogen-bond acceptors (Lipinski definition) is 5. The molecule has 0 saturated heterocycles. The summed E-state index contributed by atoms with van der Waals surface area (Å²) in [5.41, 5.74) is 0.992. The van der Waals surface area contributed by atoms with Crippen molar-refractivity contribution in [2.24, 2.45) is 0 Å². The summed E-state index contributed by atoms with van der Waals surface area (Å²) in [5.74, 6) is 1.06. The Morgan fingerprint density at radius 1 is 1.14 bits per heavy atom. The minimum absolute atomic E-state index is 0.0270. The lowest BCUT2D eigenvalue weighted by Crippen LogP contribution is -2.16. The summed E-state index contributed by atoms with van der Waals surface area (Å²) in [6.07, 6.45) is -0.616. The second-order valence-electron chi connectivity index (χ2n) is 4.22. The third kappa shape index (κ3) is 2.53. The molecule has 0 bridgehead atoms. The fourth-order valence-corrected chi connectivity index (χ4v) is 2.20. The van der Waals surface area contributed by atoms with Gasteiger partial charge in [-0.25, -0.2) is 9.36 Å². The summed E-state index contributed by atoms with van der Waals surface area (Å²) in [4.78, 5) is 12.3. The molecule has 0 N–H and O–H groups in total. The minimum atomic E-state index is -0.616. The maximum Gasteiger partial charge on any atom is 0.427 e. The van der Waals surface area contributed by atoms with Crippen molar-refractivity contribution < 1.29 is 18.7 Å². The van der Waals surface area contributed by atoms with E-state index >= 15 is 0 Å². The van der Waals surface area contributed by atoms with Gasteiger partial charge in [-0.1, -0.05) is 18.2 Å². The number of hydrogen-bond donors (Lipinski definition) is 0. The monoisotopic (exact) mass is 301 g/mol. The maximum atomic E-state index is 12.2. The number of methoxy groups -OCH3 is 1. The zero-order chi connectivity index (χ0) is 14.8. The van der Waals surface area contributed by atoms with Gasteiger partial charge in [0.25, 0.3) is 4.84 Å². The summed E-state index contributed by atoms with van der Waals surface area (Å²) in [6.45, 7) is 0. The van der Waals surface area contributed by atoms with Gasteiger partial charge < -0.3 is 13.9 Å². The van der Waals surface area contributed by atoms with Crippen LogP contribution in [0.5, 0.6) is 11.5 Å². The summed E-state index contributed by atoms with van der Waals surface area (Å²) < 4.78 is 17.0. The highest BCUT2D eigenvalue weighted by Gasteiger charge is 2.16. The smallest absolute Gasteiger partial charge is 0.427 e. The predicted octanol–water partition coefficient (Wildman–Crippen LogP) is 4.02. The highest BCUT2D eigenvalue weighted by atomic mass is 32.1. The molecular formula is C15H11NO4S. The molecule has 0 aliphatic heterocycles. The zero-order valence-electron chi connectivity index (χ0n) is 11.1. The van der Waals surface area contributed by atoms with Crippen LogP contribution in [0.25, 0.3) is 11.1 Å². The Balaban J connectivity index is 2.02.